The van der Waals surface area contributed by atoms with Crippen LogP contribution in [0.3, 0.4) is 0 Å². The largest absolute Gasteiger partial charge is 0.507 e. The highest BCUT2D eigenvalue weighted by atomic mass is 35.5. The maximum Gasteiger partial charge on any atom is 0.300 e. The number of ketones is 1. The quantitative estimate of drug-likeness (QED) is 0.195. The van der Waals surface area contributed by atoms with E-state index in [0.717, 1.165) is 5.56 Å². The number of hydrogen-bond acceptors (Lipinski definition) is 5. The Morgan fingerprint density at radius 3 is 2.25 bits per heavy atom. The molecule has 0 aliphatic carbocycles. The van der Waals surface area contributed by atoms with Crippen molar-refractivity contribution >= 4 is 40.4 Å². The second-order valence-corrected chi connectivity index (χ2v) is 7.76. The van der Waals surface area contributed by atoms with Crippen LogP contribution < -0.4 is 4.90 Å². The Balaban J connectivity index is 2.00. The lowest BCUT2D eigenvalue weighted by Crippen LogP contribution is -2.29. The summed E-state index contributed by atoms with van der Waals surface area (Å²) in [5, 5.41) is 23.2. The van der Waals surface area contributed by atoms with E-state index in [0.29, 0.717) is 10.7 Å². The van der Waals surface area contributed by atoms with Gasteiger partial charge >= 0.3 is 0 Å². The normalized spacial score (nSPS) is 17.6. The van der Waals surface area contributed by atoms with E-state index < -0.39 is 28.4 Å². The Hall–Kier alpha value is -3.97. The van der Waals surface area contributed by atoms with Crippen LogP contribution in [0.5, 0.6) is 0 Å². The number of anilines is 1. The van der Waals surface area contributed by atoms with Gasteiger partial charge in [0.2, 0.25) is 0 Å². The van der Waals surface area contributed by atoms with Gasteiger partial charge in [0.15, 0.2) is 0 Å². The Morgan fingerprint density at radius 2 is 1.62 bits per heavy atom. The van der Waals surface area contributed by atoms with Gasteiger partial charge in [-0.05, 0) is 49.4 Å². The minimum Gasteiger partial charge on any atom is -0.507 e. The van der Waals surface area contributed by atoms with E-state index in [2.05, 4.69) is 0 Å². The number of hydrogen-bond donors (Lipinski definition) is 1. The lowest BCUT2D eigenvalue weighted by Gasteiger charge is -2.25. The fourth-order valence-corrected chi connectivity index (χ4v) is 3.87. The highest BCUT2D eigenvalue weighted by Gasteiger charge is 2.48. The molecule has 0 bridgehead atoms. The molecule has 3 aromatic carbocycles. The molecular weight excluding hydrogens is 432 g/mol. The predicted molar refractivity (Wildman–Crippen MR) is 121 cm³/mol. The summed E-state index contributed by atoms with van der Waals surface area (Å²) in [7, 11) is 0. The summed E-state index contributed by atoms with van der Waals surface area (Å²) >= 11 is 5.92. The number of Topliss-reactive ketones (excluding diaryl/α,β-unsaturated/α-hetero) is 1. The molecule has 8 heteroatoms. The molecule has 1 saturated heterocycles. The van der Waals surface area contributed by atoms with Crippen molar-refractivity contribution in [3.05, 3.63) is 110 Å². The van der Waals surface area contributed by atoms with Crippen molar-refractivity contribution in [2.45, 2.75) is 13.0 Å². The van der Waals surface area contributed by atoms with Gasteiger partial charge in [-0.15, -0.1) is 0 Å². The topological polar surface area (TPSA) is 101 Å². The number of aryl methyl sites for hydroxylation is 1. The summed E-state index contributed by atoms with van der Waals surface area (Å²) in [6.45, 7) is 1.87. The van der Waals surface area contributed by atoms with Gasteiger partial charge in [-0.25, -0.2) is 0 Å². The molecule has 0 radical (unpaired) electrons. The molecule has 1 amide bonds. The third kappa shape index (κ3) is 3.63. The number of carbonyl (C=O) groups is 2. The fourth-order valence-electron chi connectivity index (χ4n) is 3.75. The van der Waals surface area contributed by atoms with E-state index >= 15 is 0 Å². The SMILES string of the molecule is Cc1ccc(N2C(=O)C(=O)/C(=C(\O)c3ccc(Cl)cc3)C2c2ccccc2[N+](=O)[O-])cc1. The number of amides is 1. The second kappa shape index (κ2) is 8.28. The maximum atomic E-state index is 13.1. The Labute approximate surface area is 188 Å². The number of aliphatic hydroxyl groups excluding tert-OH is 1. The van der Waals surface area contributed by atoms with Crippen LogP contribution in [0.2, 0.25) is 5.02 Å². The minimum absolute atomic E-state index is 0.118. The van der Waals surface area contributed by atoms with Crippen molar-refractivity contribution in [1.29, 1.82) is 0 Å². The van der Waals surface area contributed by atoms with Crippen molar-refractivity contribution in [2.75, 3.05) is 4.90 Å². The van der Waals surface area contributed by atoms with Crippen molar-refractivity contribution in [1.82, 2.24) is 0 Å². The summed E-state index contributed by atoms with van der Waals surface area (Å²) in [6, 6.07) is 17.6. The summed E-state index contributed by atoms with van der Waals surface area (Å²) in [4.78, 5) is 38.5. The molecule has 0 saturated carbocycles. The number of nitrogens with zero attached hydrogens (tertiary/aromatic N) is 2. The first kappa shape index (κ1) is 21.3. The third-order valence-electron chi connectivity index (χ3n) is 5.30. The van der Waals surface area contributed by atoms with Crippen LogP contribution >= 0.6 is 11.6 Å². The number of aliphatic hydroxyl groups is 1. The van der Waals surface area contributed by atoms with E-state index in [9.17, 15) is 24.8 Å². The summed E-state index contributed by atoms with van der Waals surface area (Å²) in [6.07, 6.45) is 0. The third-order valence-corrected chi connectivity index (χ3v) is 5.55. The van der Waals surface area contributed by atoms with Crippen LogP contribution in [0.4, 0.5) is 11.4 Å². The zero-order valence-corrected chi connectivity index (χ0v) is 17.6. The molecule has 1 N–H and O–H groups in total. The van der Waals surface area contributed by atoms with Crippen LogP contribution in [0.1, 0.15) is 22.7 Å². The number of rotatable bonds is 4. The zero-order valence-electron chi connectivity index (χ0n) is 16.9. The molecule has 1 atom stereocenters. The Bertz CT molecular complexity index is 1270. The van der Waals surface area contributed by atoms with Gasteiger partial charge in [-0.1, -0.05) is 41.4 Å². The monoisotopic (exact) mass is 448 g/mol. The molecule has 0 aromatic heterocycles. The smallest absolute Gasteiger partial charge is 0.300 e. The summed E-state index contributed by atoms with van der Waals surface area (Å²) < 4.78 is 0. The van der Waals surface area contributed by atoms with Crippen LogP contribution in [0.25, 0.3) is 5.76 Å². The number of carbonyl (C=O) groups excluding carboxylic acids is 2. The van der Waals surface area contributed by atoms with E-state index in [1.54, 1.807) is 30.3 Å². The lowest BCUT2D eigenvalue weighted by atomic mass is 9.94. The van der Waals surface area contributed by atoms with E-state index in [4.69, 9.17) is 11.6 Å². The minimum atomic E-state index is -1.19. The highest BCUT2D eigenvalue weighted by Crippen LogP contribution is 2.44. The fraction of sp³-hybridized carbons (Fsp3) is 0.0833. The molecule has 1 unspecified atom stereocenters. The molecule has 1 aliphatic heterocycles. The van der Waals surface area contributed by atoms with Gasteiger partial charge in [-0.3, -0.25) is 24.6 Å². The number of benzene rings is 3. The molecule has 3 aromatic rings. The average molecular weight is 449 g/mol. The van der Waals surface area contributed by atoms with Crippen LogP contribution in [-0.2, 0) is 9.59 Å². The van der Waals surface area contributed by atoms with Gasteiger partial charge in [0.05, 0.1) is 16.1 Å². The first-order valence-corrected chi connectivity index (χ1v) is 10.0. The Morgan fingerprint density at radius 1 is 1.00 bits per heavy atom. The lowest BCUT2D eigenvalue weighted by molar-refractivity contribution is -0.385. The van der Waals surface area contributed by atoms with E-state index in [1.807, 2.05) is 6.92 Å². The van der Waals surface area contributed by atoms with Crippen molar-refractivity contribution in [2.24, 2.45) is 0 Å². The van der Waals surface area contributed by atoms with Gasteiger partial charge in [0.25, 0.3) is 17.4 Å². The molecule has 4 rings (SSSR count). The maximum absolute atomic E-state index is 13.1. The van der Waals surface area contributed by atoms with Gasteiger partial charge in [-0.2, -0.15) is 0 Å². The van der Waals surface area contributed by atoms with Crippen molar-refractivity contribution < 1.29 is 19.6 Å². The van der Waals surface area contributed by atoms with Crippen LogP contribution in [0.15, 0.2) is 78.4 Å². The number of para-hydroxylation sites is 1. The number of nitro groups is 1. The molecular formula is C24H17ClN2O5. The van der Waals surface area contributed by atoms with E-state index in [-0.39, 0.29) is 22.4 Å². The van der Waals surface area contributed by atoms with Gasteiger partial charge < -0.3 is 5.11 Å². The molecule has 32 heavy (non-hydrogen) atoms. The zero-order chi connectivity index (χ0) is 23.0. The Kier molecular flexibility index (Phi) is 5.50. The summed E-state index contributed by atoms with van der Waals surface area (Å²) in [5.41, 5.74) is 1.21. The highest BCUT2D eigenvalue weighted by molar-refractivity contribution is 6.51. The first-order chi connectivity index (χ1) is 15.3. The molecule has 1 fully saturated rings. The number of nitro benzene ring substituents is 1. The van der Waals surface area contributed by atoms with Crippen LogP contribution in [0, 0.1) is 17.0 Å². The van der Waals surface area contributed by atoms with Gasteiger partial charge in [0.1, 0.15) is 11.8 Å². The number of halogens is 1. The molecule has 1 heterocycles. The average Bonchev–Trinajstić information content (AvgIpc) is 3.05. The predicted octanol–water partition coefficient (Wildman–Crippen LogP) is 5.18. The first-order valence-electron chi connectivity index (χ1n) is 9.66. The van der Waals surface area contributed by atoms with Crippen molar-refractivity contribution in [3.63, 3.8) is 0 Å². The standard InChI is InChI=1S/C24H17ClN2O5/c1-14-6-12-17(13-7-14)26-21(18-4-2-3-5-19(18)27(31)32)20(23(29)24(26)30)22(28)15-8-10-16(25)11-9-15/h2-13,21,28H,1H3/b22-20-. The molecule has 0 spiro atoms. The van der Waals surface area contributed by atoms with Crippen molar-refractivity contribution in [3.8, 4) is 0 Å². The summed E-state index contributed by atoms with van der Waals surface area (Å²) in [5.74, 6) is -2.24. The van der Waals surface area contributed by atoms with E-state index in [1.165, 1.54) is 47.4 Å². The molecule has 1 aliphatic rings. The van der Waals surface area contributed by atoms with Crippen LogP contribution in [-0.4, -0.2) is 21.7 Å². The van der Waals surface area contributed by atoms with Gasteiger partial charge in [0, 0.05) is 22.3 Å². The molecule has 160 valence electrons. The second-order valence-electron chi connectivity index (χ2n) is 7.33. The molecule has 7 nitrogen and oxygen atoms in total.